The van der Waals surface area contributed by atoms with Gasteiger partial charge < -0.3 is 0 Å². The minimum Gasteiger partial charge on any atom is -0.246 e. The number of aromatic nitrogens is 1. The molecule has 0 aliphatic rings. The molecule has 11 heavy (non-hydrogen) atoms. The summed E-state index contributed by atoms with van der Waals surface area (Å²) in [4.78, 5) is 3.91. The van der Waals surface area contributed by atoms with Gasteiger partial charge in [-0.05, 0) is 27.7 Å². The minimum atomic E-state index is -0.258. The maximum atomic E-state index is 12.9. The normalized spacial score (nSPS) is 10.1. The van der Waals surface area contributed by atoms with Crippen LogP contribution < -0.4 is 0 Å². The van der Waals surface area contributed by atoms with Crippen molar-refractivity contribution in [1.82, 2.24) is 4.98 Å². The molecule has 1 aromatic heterocycles. The van der Waals surface area contributed by atoms with Crippen molar-refractivity contribution < 1.29 is 4.39 Å². The van der Waals surface area contributed by atoms with E-state index < -0.39 is 0 Å². The highest BCUT2D eigenvalue weighted by Crippen LogP contribution is 2.20. The Balaban J connectivity index is 2.90. The first-order valence-corrected chi connectivity index (χ1v) is 4.95. The minimum absolute atomic E-state index is 0.258. The highest BCUT2D eigenvalue weighted by atomic mass is 79.9. The Hall–Kier alpha value is -0.0900. The predicted molar refractivity (Wildman–Crippen MR) is 48.3 cm³/mol. The van der Waals surface area contributed by atoms with Crippen LogP contribution in [-0.4, -0.2) is 10.7 Å². The summed E-state index contributed by atoms with van der Waals surface area (Å²) >= 11 is 4.54. The fourth-order valence-electron chi connectivity index (χ4n) is 0.645. The molecule has 0 fully saturated rings. The van der Waals surface area contributed by atoms with Crippen molar-refractivity contribution in [2.75, 3.05) is 5.75 Å². The second kappa shape index (κ2) is 4.07. The largest absolute Gasteiger partial charge is 0.246 e. The summed E-state index contributed by atoms with van der Waals surface area (Å²) in [7, 11) is 0. The van der Waals surface area contributed by atoms with Gasteiger partial charge in [-0.15, -0.1) is 11.8 Å². The van der Waals surface area contributed by atoms with Crippen LogP contribution in [0.1, 0.15) is 6.92 Å². The molecule has 0 radical (unpaired) electrons. The zero-order valence-corrected chi connectivity index (χ0v) is 8.38. The van der Waals surface area contributed by atoms with E-state index in [4.69, 9.17) is 0 Å². The summed E-state index contributed by atoms with van der Waals surface area (Å²) in [6.45, 7) is 1.97. The van der Waals surface area contributed by atoms with Gasteiger partial charge in [0.15, 0.2) is 5.82 Å². The molecule has 0 unspecified atom stereocenters. The number of thioether (sulfide) groups is 1. The molecule has 1 heterocycles. The third-order valence-electron chi connectivity index (χ3n) is 1.06. The third kappa shape index (κ3) is 2.45. The second-order valence-electron chi connectivity index (χ2n) is 1.87. The summed E-state index contributed by atoms with van der Waals surface area (Å²) in [5.41, 5.74) is 0. The van der Waals surface area contributed by atoms with Crippen molar-refractivity contribution in [3.05, 3.63) is 22.6 Å². The molecule has 0 aliphatic heterocycles. The van der Waals surface area contributed by atoms with E-state index >= 15 is 0 Å². The lowest BCUT2D eigenvalue weighted by Crippen LogP contribution is -1.86. The average Bonchev–Trinajstić information content (AvgIpc) is 1.95. The monoisotopic (exact) mass is 235 g/mol. The topological polar surface area (TPSA) is 12.9 Å². The van der Waals surface area contributed by atoms with Crippen LogP contribution in [-0.2, 0) is 0 Å². The van der Waals surface area contributed by atoms with Crippen LogP contribution in [0.15, 0.2) is 21.8 Å². The number of hydrogen-bond acceptors (Lipinski definition) is 2. The molecule has 1 nitrogen and oxygen atoms in total. The van der Waals surface area contributed by atoms with Gasteiger partial charge in [-0.1, -0.05) is 6.92 Å². The molecule has 0 atom stereocenters. The van der Waals surface area contributed by atoms with Gasteiger partial charge >= 0.3 is 0 Å². The van der Waals surface area contributed by atoms with Gasteiger partial charge in [0.25, 0.3) is 0 Å². The first kappa shape index (κ1) is 9.00. The number of hydrogen-bond donors (Lipinski definition) is 0. The Morgan fingerprint density at radius 3 is 3.00 bits per heavy atom. The SMILES string of the molecule is CCSc1ncc(Br)cc1F. The van der Waals surface area contributed by atoms with Crippen LogP contribution >= 0.6 is 27.7 Å². The second-order valence-corrected chi connectivity index (χ2v) is 4.04. The lowest BCUT2D eigenvalue weighted by atomic mass is 10.5. The average molecular weight is 236 g/mol. The van der Waals surface area contributed by atoms with Crippen LogP contribution in [0.5, 0.6) is 0 Å². The molecular weight excluding hydrogens is 229 g/mol. The van der Waals surface area contributed by atoms with E-state index in [2.05, 4.69) is 20.9 Å². The van der Waals surface area contributed by atoms with Crippen LogP contribution in [0, 0.1) is 5.82 Å². The van der Waals surface area contributed by atoms with Gasteiger partial charge in [-0.3, -0.25) is 0 Å². The third-order valence-corrected chi connectivity index (χ3v) is 2.35. The Bertz CT molecular complexity index is 254. The van der Waals surface area contributed by atoms with E-state index in [0.717, 1.165) is 5.75 Å². The number of halogens is 2. The summed E-state index contributed by atoms with van der Waals surface area (Å²) in [5.74, 6) is 0.581. The molecule has 60 valence electrons. The molecule has 0 saturated carbocycles. The highest BCUT2D eigenvalue weighted by Gasteiger charge is 2.02. The van der Waals surface area contributed by atoms with Crippen molar-refractivity contribution in [2.45, 2.75) is 11.9 Å². The first-order valence-electron chi connectivity index (χ1n) is 3.18. The van der Waals surface area contributed by atoms with E-state index in [1.807, 2.05) is 6.92 Å². The molecule has 1 aromatic rings. The van der Waals surface area contributed by atoms with Crippen LogP contribution in [0.4, 0.5) is 4.39 Å². The van der Waals surface area contributed by atoms with Crippen LogP contribution in [0.25, 0.3) is 0 Å². The zero-order valence-electron chi connectivity index (χ0n) is 5.97. The Morgan fingerprint density at radius 2 is 2.45 bits per heavy atom. The Labute approximate surface area is 77.5 Å². The van der Waals surface area contributed by atoms with Gasteiger partial charge in [0.05, 0.1) is 0 Å². The molecule has 0 aliphatic carbocycles. The zero-order chi connectivity index (χ0) is 8.27. The molecule has 0 saturated heterocycles. The fraction of sp³-hybridized carbons (Fsp3) is 0.286. The van der Waals surface area contributed by atoms with E-state index in [-0.39, 0.29) is 5.82 Å². The smallest absolute Gasteiger partial charge is 0.156 e. The van der Waals surface area contributed by atoms with Crippen molar-refractivity contribution in [3.8, 4) is 0 Å². The number of rotatable bonds is 2. The fourth-order valence-corrected chi connectivity index (χ4v) is 1.55. The van der Waals surface area contributed by atoms with E-state index in [1.54, 1.807) is 6.20 Å². The summed E-state index contributed by atoms with van der Waals surface area (Å²) < 4.78 is 13.6. The first-order chi connectivity index (χ1) is 5.24. The molecule has 0 spiro atoms. The number of nitrogens with zero attached hydrogens (tertiary/aromatic N) is 1. The van der Waals surface area contributed by atoms with Gasteiger partial charge in [-0.25, -0.2) is 9.37 Å². The molecule has 0 bridgehead atoms. The summed E-state index contributed by atoms with van der Waals surface area (Å²) in [6, 6.07) is 1.42. The molecule has 0 aromatic carbocycles. The standard InChI is InChI=1S/C7H7BrFNS/c1-2-11-7-6(9)3-5(8)4-10-7/h3-4H,2H2,1H3. The maximum absolute atomic E-state index is 12.9. The molecule has 0 N–H and O–H groups in total. The van der Waals surface area contributed by atoms with E-state index in [1.165, 1.54) is 17.8 Å². The van der Waals surface area contributed by atoms with E-state index in [9.17, 15) is 4.39 Å². The summed E-state index contributed by atoms with van der Waals surface area (Å²) in [6.07, 6.45) is 1.60. The van der Waals surface area contributed by atoms with Crippen molar-refractivity contribution >= 4 is 27.7 Å². The number of pyridine rings is 1. The highest BCUT2D eigenvalue weighted by molar-refractivity contribution is 9.10. The van der Waals surface area contributed by atoms with Gasteiger partial charge in [0.1, 0.15) is 5.03 Å². The maximum Gasteiger partial charge on any atom is 0.156 e. The molecule has 4 heteroatoms. The molecular formula is C7H7BrFNS. The lowest BCUT2D eigenvalue weighted by molar-refractivity contribution is 0.586. The van der Waals surface area contributed by atoms with Crippen molar-refractivity contribution in [2.24, 2.45) is 0 Å². The quantitative estimate of drug-likeness (QED) is 0.732. The van der Waals surface area contributed by atoms with Gasteiger partial charge in [-0.2, -0.15) is 0 Å². The summed E-state index contributed by atoms with van der Waals surface area (Å²) in [5, 5.41) is 0.468. The van der Waals surface area contributed by atoms with Crippen molar-refractivity contribution in [1.29, 1.82) is 0 Å². The van der Waals surface area contributed by atoms with Gasteiger partial charge in [0, 0.05) is 10.7 Å². The molecule has 0 amide bonds. The van der Waals surface area contributed by atoms with Crippen LogP contribution in [0.3, 0.4) is 0 Å². The Morgan fingerprint density at radius 1 is 1.73 bits per heavy atom. The predicted octanol–water partition coefficient (Wildman–Crippen LogP) is 3.10. The van der Waals surface area contributed by atoms with Crippen molar-refractivity contribution in [3.63, 3.8) is 0 Å². The lowest BCUT2D eigenvalue weighted by Gasteiger charge is -1.98. The van der Waals surface area contributed by atoms with Crippen LogP contribution in [0.2, 0.25) is 0 Å². The van der Waals surface area contributed by atoms with E-state index in [0.29, 0.717) is 9.50 Å². The Kier molecular flexibility index (Phi) is 3.33. The van der Waals surface area contributed by atoms with Gasteiger partial charge in [0.2, 0.25) is 0 Å². The molecule has 1 rings (SSSR count).